The van der Waals surface area contributed by atoms with Gasteiger partial charge in [-0.15, -0.1) is 0 Å². The number of hydrogen-bond donors (Lipinski definition) is 1. The summed E-state index contributed by atoms with van der Waals surface area (Å²) >= 11 is 3.39. The minimum atomic E-state index is 0.0574. The highest BCUT2D eigenvalue weighted by atomic mass is 79.9. The van der Waals surface area contributed by atoms with Gasteiger partial charge in [0.2, 0.25) is 5.91 Å². The van der Waals surface area contributed by atoms with Crippen molar-refractivity contribution in [1.82, 2.24) is 5.32 Å². The summed E-state index contributed by atoms with van der Waals surface area (Å²) in [7, 11) is 1.62. The third-order valence-corrected chi connectivity index (χ3v) is 2.65. The van der Waals surface area contributed by atoms with Crippen LogP contribution < -0.4 is 10.1 Å². The van der Waals surface area contributed by atoms with E-state index < -0.39 is 0 Å². The SMILES string of the molecule is CCC(=O)NCc1ccc(OC)c(Br)c1. The Morgan fingerprint density at radius 2 is 2.27 bits per heavy atom. The van der Waals surface area contributed by atoms with Crippen molar-refractivity contribution in [2.75, 3.05) is 7.11 Å². The van der Waals surface area contributed by atoms with Gasteiger partial charge in [-0.3, -0.25) is 4.79 Å². The molecular weight excluding hydrogens is 258 g/mol. The van der Waals surface area contributed by atoms with E-state index in [0.717, 1.165) is 15.8 Å². The molecule has 1 aromatic carbocycles. The molecule has 1 amide bonds. The number of carbonyl (C=O) groups is 1. The van der Waals surface area contributed by atoms with Crippen molar-refractivity contribution in [3.8, 4) is 5.75 Å². The number of ether oxygens (including phenoxy) is 1. The van der Waals surface area contributed by atoms with Gasteiger partial charge in [0, 0.05) is 13.0 Å². The van der Waals surface area contributed by atoms with E-state index in [4.69, 9.17) is 4.74 Å². The minimum Gasteiger partial charge on any atom is -0.496 e. The van der Waals surface area contributed by atoms with Crippen LogP contribution in [0.15, 0.2) is 22.7 Å². The maximum atomic E-state index is 11.0. The maximum absolute atomic E-state index is 11.0. The van der Waals surface area contributed by atoms with E-state index in [9.17, 15) is 4.79 Å². The predicted octanol–water partition coefficient (Wildman–Crippen LogP) is 2.48. The fourth-order valence-corrected chi connectivity index (χ4v) is 1.73. The highest BCUT2D eigenvalue weighted by Crippen LogP contribution is 2.25. The molecule has 0 saturated heterocycles. The molecule has 0 aliphatic rings. The van der Waals surface area contributed by atoms with Crippen LogP contribution >= 0.6 is 15.9 Å². The second-order valence-electron chi connectivity index (χ2n) is 3.10. The van der Waals surface area contributed by atoms with Gasteiger partial charge in [0.15, 0.2) is 0 Å². The summed E-state index contributed by atoms with van der Waals surface area (Å²) in [6.07, 6.45) is 0.511. The molecule has 0 aromatic heterocycles. The fourth-order valence-electron chi connectivity index (χ4n) is 1.15. The molecule has 15 heavy (non-hydrogen) atoms. The average Bonchev–Trinajstić information content (AvgIpc) is 2.26. The third-order valence-electron chi connectivity index (χ3n) is 2.03. The average molecular weight is 272 g/mol. The molecule has 0 spiro atoms. The topological polar surface area (TPSA) is 38.3 Å². The molecule has 1 N–H and O–H groups in total. The van der Waals surface area contributed by atoms with Crippen LogP contribution in [0.25, 0.3) is 0 Å². The van der Waals surface area contributed by atoms with Crippen molar-refractivity contribution in [3.05, 3.63) is 28.2 Å². The molecule has 0 aliphatic heterocycles. The monoisotopic (exact) mass is 271 g/mol. The number of benzene rings is 1. The Labute approximate surface area is 97.9 Å². The van der Waals surface area contributed by atoms with Crippen molar-refractivity contribution in [2.24, 2.45) is 0 Å². The van der Waals surface area contributed by atoms with Crippen LogP contribution in [-0.4, -0.2) is 13.0 Å². The number of hydrogen-bond acceptors (Lipinski definition) is 2. The Hall–Kier alpha value is -1.03. The Morgan fingerprint density at radius 1 is 1.53 bits per heavy atom. The summed E-state index contributed by atoms with van der Waals surface area (Å²) in [4.78, 5) is 11.0. The molecule has 0 atom stereocenters. The van der Waals surface area contributed by atoms with Crippen LogP contribution in [0.5, 0.6) is 5.75 Å². The zero-order valence-corrected chi connectivity index (χ0v) is 10.4. The maximum Gasteiger partial charge on any atom is 0.219 e. The Bertz CT molecular complexity index is 352. The normalized spacial score (nSPS) is 9.80. The van der Waals surface area contributed by atoms with Crippen molar-refractivity contribution >= 4 is 21.8 Å². The first-order valence-corrected chi connectivity index (χ1v) is 5.55. The van der Waals surface area contributed by atoms with E-state index in [0.29, 0.717) is 13.0 Å². The van der Waals surface area contributed by atoms with Crippen LogP contribution in [0, 0.1) is 0 Å². The summed E-state index contributed by atoms with van der Waals surface area (Å²) in [6, 6.07) is 5.74. The first kappa shape index (κ1) is 12.0. The molecule has 4 heteroatoms. The lowest BCUT2D eigenvalue weighted by atomic mass is 10.2. The second-order valence-corrected chi connectivity index (χ2v) is 3.95. The number of nitrogens with one attached hydrogen (secondary N) is 1. The molecule has 1 aromatic rings. The van der Waals surface area contributed by atoms with Crippen molar-refractivity contribution in [3.63, 3.8) is 0 Å². The van der Waals surface area contributed by atoms with Crippen LogP contribution in [-0.2, 0) is 11.3 Å². The smallest absolute Gasteiger partial charge is 0.219 e. The van der Waals surface area contributed by atoms with Crippen LogP contribution in [0.4, 0.5) is 0 Å². The minimum absolute atomic E-state index is 0.0574. The summed E-state index contributed by atoms with van der Waals surface area (Å²) < 4.78 is 6.01. The van der Waals surface area contributed by atoms with Gasteiger partial charge in [-0.05, 0) is 33.6 Å². The van der Waals surface area contributed by atoms with Crippen molar-refractivity contribution in [1.29, 1.82) is 0 Å². The van der Waals surface area contributed by atoms with Gasteiger partial charge >= 0.3 is 0 Å². The highest BCUT2D eigenvalue weighted by Gasteiger charge is 2.02. The van der Waals surface area contributed by atoms with Gasteiger partial charge in [0.25, 0.3) is 0 Å². The number of rotatable bonds is 4. The molecule has 0 heterocycles. The van der Waals surface area contributed by atoms with Gasteiger partial charge in [-0.2, -0.15) is 0 Å². The predicted molar refractivity (Wildman–Crippen MR) is 62.8 cm³/mol. The summed E-state index contributed by atoms with van der Waals surface area (Å²) in [5, 5.41) is 2.81. The molecule has 0 unspecified atom stereocenters. The third kappa shape index (κ3) is 3.55. The van der Waals surface area contributed by atoms with E-state index in [-0.39, 0.29) is 5.91 Å². The number of methoxy groups -OCH3 is 1. The van der Waals surface area contributed by atoms with Gasteiger partial charge in [0.1, 0.15) is 5.75 Å². The standard InChI is InChI=1S/C11H14BrNO2/c1-3-11(14)13-7-8-4-5-10(15-2)9(12)6-8/h4-6H,3,7H2,1-2H3,(H,13,14). The molecule has 0 radical (unpaired) electrons. The molecule has 0 aliphatic carbocycles. The van der Waals surface area contributed by atoms with Crippen LogP contribution in [0.2, 0.25) is 0 Å². The summed E-state index contributed by atoms with van der Waals surface area (Å²) in [5.41, 5.74) is 1.05. The highest BCUT2D eigenvalue weighted by molar-refractivity contribution is 9.10. The second kappa shape index (κ2) is 5.75. The van der Waals surface area contributed by atoms with E-state index in [1.165, 1.54) is 0 Å². The molecule has 1 rings (SSSR count). The number of amides is 1. The van der Waals surface area contributed by atoms with Gasteiger partial charge in [-0.1, -0.05) is 13.0 Å². The quantitative estimate of drug-likeness (QED) is 0.914. The van der Waals surface area contributed by atoms with Crippen molar-refractivity contribution in [2.45, 2.75) is 19.9 Å². The lowest BCUT2D eigenvalue weighted by Crippen LogP contribution is -2.21. The van der Waals surface area contributed by atoms with Crippen molar-refractivity contribution < 1.29 is 9.53 Å². The Kier molecular flexibility index (Phi) is 4.62. The summed E-state index contributed by atoms with van der Waals surface area (Å²) in [5.74, 6) is 0.850. The van der Waals surface area contributed by atoms with Gasteiger partial charge in [-0.25, -0.2) is 0 Å². The largest absolute Gasteiger partial charge is 0.496 e. The summed E-state index contributed by atoms with van der Waals surface area (Å²) in [6.45, 7) is 2.38. The van der Waals surface area contributed by atoms with Crippen LogP contribution in [0.1, 0.15) is 18.9 Å². The van der Waals surface area contributed by atoms with Gasteiger partial charge in [0.05, 0.1) is 11.6 Å². The lowest BCUT2D eigenvalue weighted by Gasteiger charge is -2.07. The molecule has 0 bridgehead atoms. The van der Waals surface area contributed by atoms with E-state index in [1.54, 1.807) is 7.11 Å². The van der Waals surface area contributed by atoms with E-state index in [2.05, 4.69) is 21.2 Å². The molecule has 0 fully saturated rings. The molecule has 82 valence electrons. The van der Waals surface area contributed by atoms with Gasteiger partial charge < -0.3 is 10.1 Å². The molecule has 3 nitrogen and oxygen atoms in total. The first-order valence-electron chi connectivity index (χ1n) is 4.76. The number of halogens is 1. The number of carbonyl (C=O) groups excluding carboxylic acids is 1. The van der Waals surface area contributed by atoms with E-state index in [1.807, 2.05) is 25.1 Å². The fraction of sp³-hybridized carbons (Fsp3) is 0.364. The molecule has 0 saturated carbocycles. The lowest BCUT2D eigenvalue weighted by molar-refractivity contribution is -0.120. The van der Waals surface area contributed by atoms with E-state index >= 15 is 0 Å². The van der Waals surface area contributed by atoms with Crippen LogP contribution in [0.3, 0.4) is 0 Å². The first-order chi connectivity index (χ1) is 7.17. The Morgan fingerprint density at radius 3 is 2.80 bits per heavy atom. The molecular formula is C11H14BrNO2. The zero-order chi connectivity index (χ0) is 11.3. The zero-order valence-electron chi connectivity index (χ0n) is 8.84. The Balaban J connectivity index is 2.63.